The molecule has 68 heavy (non-hydrogen) atoms. The minimum absolute atomic E-state index is 0.0511. The lowest BCUT2D eigenvalue weighted by Gasteiger charge is -2.58. The molecule has 5 aliphatic heterocycles. The van der Waals surface area contributed by atoms with Gasteiger partial charge < -0.3 is 25.0 Å². The zero-order valence-electron chi connectivity index (χ0n) is 38.1. The van der Waals surface area contributed by atoms with Gasteiger partial charge in [0.25, 0.3) is 11.8 Å². The van der Waals surface area contributed by atoms with Crippen LogP contribution in [0.5, 0.6) is 0 Å². The minimum atomic E-state index is -0.965. The number of benzene rings is 3. The van der Waals surface area contributed by atoms with Gasteiger partial charge in [0.15, 0.2) is 17.0 Å². The number of hydrogen-bond acceptors (Lipinski definition) is 13. The highest BCUT2D eigenvalue weighted by molar-refractivity contribution is 6.25. The standard InChI is InChI=1S/C51H56N12O5/c64-42-14-13-41(48(66)57-42)63-49(67)39-7-4-8-40(44(39)50(63)68)61-28-38(29-61)58-17-15-51(16-18-58)26-37(27-51)60-21-19-59(20-22-60)35-11-9-33(10-12-35)56-46-45-47(53-30-52-46)62(31-54-45)36-24-34(25-36)55-43(65)23-32-5-2-1-3-6-32/h1-12,30-31,34,36-38,41H,13-29H2,(H,55,65)(H,52,53,56)(H,57,64,66)/t34?,36?,41-/m0/s1. The second-order valence-electron chi connectivity index (χ2n) is 20.1. The van der Waals surface area contributed by atoms with E-state index in [2.05, 4.69) is 74.4 Å². The van der Waals surface area contributed by atoms with E-state index >= 15 is 0 Å². The number of carbonyl (C=O) groups excluding carboxylic acids is 5. The van der Waals surface area contributed by atoms with Crippen LogP contribution in [0.15, 0.2) is 85.5 Å². The Balaban J connectivity index is 0.581. The molecule has 12 rings (SSSR count). The van der Waals surface area contributed by atoms with Crippen molar-refractivity contribution in [3.05, 3.63) is 102 Å². The van der Waals surface area contributed by atoms with Crippen LogP contribution >= 0.6 is 0 Å². The Morgan fingerprint density at radius 2 is 1.50 bits per heavy atom. The maximum Gasteiger partial charge on any atom is 0.264 e. The summed E-state index contributed by atoms with van der Waals surface area (Å²) in [6.45, 7) is 7.91. The van der Waals surface area contributed by atoms with Gasteiger partial charge in [0.05, 0.1) is 29.6 Å². The number of imide groups is 2. The Kier molecular flexibility index (Phi) is 10.7. The third kappa shape index (κ3) is 7.74. The number of piperazine rings is 1. The molecule has 350 valence electrons. The monoisotopic (exact) mass is 916 g/mol. The first kappa shape index (κ1) is 42.6. The molecule has 2 aliphatic carbocycles. The second kappa shape index (κ2) is 17.1. The lowest BCUT2D eigenvalue weighted by Crippen LogP contribution is -2.64. The molecule has 2 aromatic heterocycles. The normalized spacial score (nSPS) is 24.4. The fraction of sp³-hybridized carbons (Fsp3) is 0.451. The van der Waals surface area contributed by atoms with Gasteiger partial charge in [0.2, 0.25) is 17.7 Å². The number of carbonyl (C=O) groups is 5. The zero-order valence-corrected chi connectivity index (χ0v) is 38.1. The highest BCUT2D eigenvalue weighted by atomic mass is 16.2. The van der Waals surface area contributed by atoms with Crippen molar-refractivity contribution in [3.8, 4) is 0 Å². The van der Waals surface area contributed by atoms with Crippen molar-refractivity contribution in [1.82, 2.24) is 44.9 Å². The molecule has 7 heterocycles. The van der Waals surface area contributed by atoms with E-state index in [1.807, 2.05) is 48.8 Å². The first-order valence-corrected chi connectivity index (χ1v) is 24.4. The average molecular weight is 917 g/mol. The molecule has 5 amide bonds. The summed E-state index contributed by atoms with van der Waals surface area (Å²) in [5.74, 6) is -1.15. The smallest absolute Gasteiger partial charge is 0.264 e. The highest BCUT2D eigenvalue weighted by Crippen LogP contribution is 2.52. The average Bonchev–Trinajstić information content (AvgIpc) is 3.85. The molecule has 2 saturated carbocycles. The summed E-state index contributed by atoms with van der Waals surface area (Å²) in [6.07, 6.45) is 10.7. The van der Waals surface area contributed by atoms with Gasteiger partial charge in [-0.3, -0.25) is 44.0 Å². The van der Waals surface area contributed by atoms with Crippen LogP contribution in [0, 0.1) is 5.41 Å². The van der Waals surface area contributed by atoms with Crippen LogP contribution in [-0.4, -0.2) is 140 Å². The van der Waals surface area contributed by atoms with Crippen molar-refractivity contribution in [2.45, 2.75) is 88.0 Å². The number of hydrogen-bond donors (Lipinski definition) is 3. The fourth-order valence-electron chi connectivity index (χ4n) is 12.1. The van der Waals surface area contributed by atoms with E-state index in [9.17, 15) is 24.0 Å². The van der Waals surface area contributed by atoms with Crippen molar-refractivity contribution < 1.29 is 24.0 Å². The summed E-state index contributed by atoms with van der Waals surface area (Å²) in [5.41, 5.74) is 6.60. The maximum atomic E-state index is 13.7. The van der Waals surface area contributed by atoms with Crippen molar-refractivity contribution >= 4 is 63.6 Å². The summed E-state index contributed by atoms with van der Waals surface area (Å²) < 4.78 is 2.11. The molecule has 0 unspecified atom stereocenters. The van der Waals surface area contributed by atoms with Crippen molar-refractivity contribution in [2.24, 2.45) is 5.41 Å². The van der Waals surface area contributed by atoms with Gasteiger partial charge in [-0.1, -0.05) is 36.4 Å². The van der Waals surface area contributed by atoms with Gasteiger partial charge in [-0.2, -0.15) is 0 Å². The highest BCUT2D eigenvalue weighted by Gasteiger charge is 2.51. The number of rotatable bonds is 11. The van der Waals surface area contributed by atoms with Crippen LogP contribution in [0.4, 0.5) is 22.9 Å². The molecule has 6 fully saturated rings. The summed E-state index contributed by atoms with van der Waals surface area (Å²) in [7, 11) is 0. The maximum absolute atomic E-state index is 13.7. The van der Waals surface area contributed by atoms with E-state index < -0.39 is 23.8 Å². The van der Waals surface area contributed by atoms with Crippen molar-refractivity contribution in [3.63, 3.8) is 0 Å². The van der Waals surface area contributed by atoms with Gasteiger partial charge >= 0.3 is 0 Å². The molecule has 17 nitrogen and oxygen atoms in total. The van der Waals surface area contributed by atoms with Crippen LogP contribution in [0.3, 0.4) is 0 Å². The summed E-state index contributed by atoms with van der Waals surface area (Å²) >= 11 is 0. The van der Waals surface area contributed by atoms with Crippen LogP contribution in [0.1, 0.15) is 83.7 Å². The third-order valence-electron chi connectivity index (χ3n) is 16.1. The first-order valence-electron chi connectivity index (χ1n) is 24.4. The Morgan fingerprint density at radius 3 is 2.25 bits per heavy atom. The topological polar surface area (TPSA) is 181 Å². The Labute approximate surface area is 394 Å². The molecule has 7 aliphatic rings. The van der Waals surface area contributed by atoms with E-state index in [-0.39, 0.29) is 36.7 Å². The van der Waals surface area contributed by atoms with Crippen molar-refractivity contribution in [2.75, 3.05) is 67.5 Å². The third-order valence-corrected chi connectivity index (χ3v) is 16.1. The molecular weight excluding hydrogens is 861 g/mol. The van der Waals surface area contributed by atoms with E-state index in [1.165, 1.54) is 31.4 Å². The van der Waals surface area contributed by atoms with Crippen LogP contribution in [-0.2, 0) is 20.8 Å². The van der Waals surface area contributed by atoms with Gasteiger partial charge in [0.1, 0.15) is 12.4 Å². The number of amides is 5. The van der Waals surface area contributed by atoms with Crippen LogP contribution < -0.4 is 25.8 Å². The van der Waals surface area contributed by atoms with E-state index in [1.54, 1.807) is 12.4 Å². The number of imidazole rings is 1. The second-order valence-corrected chi connectivity index (χ2v) is 20.1. The van der Waals surface area contributed by atoms with E-state index in [0.717, 1.165) is 98.2 Å². The number of anilines is 4. The van der Waals surface area contributed by atoms with Gasteiger partial charge in [-0.25, -0.2) is 15.0 Å². The summed E-state index contributed by atoms with van der Waals surface area (Å²) in [4.78, 5) is 88.8. The number of fused-ring (bicyclic) bond motifs is 2. The molecule has 0 radical (unpaired) electrons. The molecule has 1 atom stereocenters. The molecule has 5 aromatic rings. The van der Waals surface area contributed by atoms with Gasteiger partial charge in [-0.05, 0) is 105 Å². The lowest BCUT2D eigenvalue weighted by atomic mass is 9.59. The van der Waals surface area contributed by atoms with Crippen LogP contribution in [0.25, 0.3) is 11.2 Å². The van der Waals surface area contributed by atoms with Gasteiger partial charge in [-0.15, -0.1) is 0 Å². The molecule has 3 aromatic carbocycles. The predicted molar refractivity (Wildman–Crippen MR) is 255 cm³/mol. The number of likely N-dealkylation sites (tertiary alicyclic amines) is 1. The molecule has 1 spiro atoms. The molecule has 17 heteroatoms. The largest absolute Gasteiger partial charge is 0.369 e. The molecule has 4 saturated heterocycles. The first-order chi connectivity index (χ1) is 33.1. The van der Waals surface area contributed by atoms with E-state index in [4.69, 9.17) is 4.98 Å². The van der Waals surface area contributed by atoms with Crippen LogP contribution in [0.2, 0.25) is 0 Å². The Hall–Kier alpha value is -6.72. The minimum Gasteiger partial charge on any atom is -0.369 e. The van der Waals surface area contributed by atoms with Crippen molar-refractivity contribution in [1.29, 1.82) is 0 Å². The fourth-order valence-corrected chi connectivity index (χ4v) is 12.1. The SMILES string of the molecule is O=C1CC[C@H](N2C(=O)c3cccc(N4CC(N5CCC6(CC5)CC(N5CCN(c7ccc(Nc8ncnc9c8ncn9C8CC(NC(=O)Cc9ccccc9)C8)cc7)CC5)C6)C4)c3C2=O)C(=O)N1. The molecular formula is C51H56N12O5. The number of nitrogens with one attached hydrogen (secondary N) is 3. The zero-order chi connectivity index (χ0) is 46.1. The number of piperidine rings is 2. The quantitative estimate of drug-likeness (QED) is 0.160. The number of nitrogens with zero attached hydrogens (tertiary/aromatic N) is 9. The Morgan fingerprint density at radius 1 is 0.750 bits per heavy atom. The lowest BCUT2D eigenvalue weighted by molar-refractivity contribution is -0.136. The van der Waals surface area contributed by atoms with E-state index in [0.29, 0.717) is 40.9 Å². The predicted octanol–water partition coefficient (Wildman–Crippen LogP) is 4.29. The van der Waals surface area contributed by atoms with Gasteiger partial charge in [0, 0.05) is 81.2 Å². The molecule has 3 N–H and O–H groups in total. The number of aromatic nitrogens is 4. The molecule has 0 bridgehead atoms. The summed E-state index contributed by atoms with van der Waals surface area (Å²) in [6, 6.07) is 24.3. The summed E-state index contributed by atoms with van der Waals surface area (Å²) in [5, 5.41) is 8.94. The Bertz CT molecular complexity index is 2780.